The van der Waals surface area contributed by atoms with Gasteiger partial charge in [0.1, 0.15) is 17.3 Å². The summed E-state index contributed by atoms with van der Waals surface area (Å²) in [6.07, 6.45) is 1.50. The highest BCUT2D eigenvalue weighted by atomic mass is 35.5. The van der Waals surface area contributed by atoms with Gasteiger partial charge in [-0.15, -0.1) is 0 Å². The maximum Gasteiger partial charge on any atom is 0.255 e. The highest BCUT2D eigenvalue weighted by Crippen LogP contribution is 2.24. The molecule has 0 radical (unpaired) electrons. The second kappa shape index (κ2) is 8.61. The van der Waals surface area contributed by atoms with Crippen molar-refractivity contribution in [2.75, 3.05) is 32.6 Å². The van der Waals surface area contributed by atoms with Gasteiger partial charge in [-0.2, -0.15) is 0 Å². The predicted octanol–water partition coefficient (Wildman–Crippen LogP) is 3.25. The van der Waals surface area contributed by atoms with Gasteiger partial charge >= 0.3 is 0 Å². The second-order valence-electron chi connectivity index (χ2n) is 4.73. The molecule has 2 aromatic rings. The first kappa shape index (κ1) is 18.2. The van der Waals surface area contributed by atoms with E-state index < -0.39 is 0 Å². The van der Waals surface area contributed by atoms with Crippen LogP contribution in [0.15, 0.2) is 30.5 Å². The maximum absolute atomic E-state index is 12.3. The molecule has 0 aliphatic heterocycles. The first-order valence-corrected chi connectivity index (χ1v) is 7.86. The van der Waals surface area contributed by atoms with Gasteiger partial charge in [-0.05, 0) is 24.3 Å². The van der Waals surface area contributed by atoms with Gasteiger partial charge in [0.25, 0.3) is 5.91 Å². The topological polar surface area (TPSA) is 72.5 Å². The molecule has 0 spiro atoms. The molecule has 24 heavy (non-hydrogen) atoms. The molecule has 0 aliphatic carbocycles. The molecule has 8 heteroatoms. The van der Waals surface area contributed by atoms with Crippen LogP contribution in [0, 0.1) is 0 Å². The van der Waals surface area contributed by atoms with Crippen molar-refractivity contribution in [1.29, 1.82) is 0 Å². The van der Waals surface area contributed by atoms with Crippen molar-refractivity contribution in [3.8, 4) is 11.5 Å². The average Bonchev–Trinajstić information content (AvgIpc) is 2.59. The lowest BCUT2D eigenvalue weighted by molar-refractivity contribution is 0.0952. The summed E-state index contributed by atoms with van der Waals surface area (Å²) in [4.78, 5) is 16.4. The van der Waals surface area contributed by atoms with Crippen LogP contribution in [0.5, 0.6) is 11.5 Å². The molecular formula is C16H17Cl2N3O3. The Kier molecular flexibility index (Phi) is 6.52. The van der Waals surface area contributed by atoms with E-state index in [9.17, 15) is 4.79 Å². The molecule has 0 aliphatic rings. The van der Waals surface area contributed by atoms with Gasteiger partial charge in [-0.3, -0.25) is 4.79 Å². The van der Waals surface area contributed by atoms with Crippen LogP contribution in [-0.2, 0) is 0 Å². The molecule has 0 fully saturated rings. The van der Waals surface area contributed by atoms with Crippen LogP contribution >= 0.6 is 23.2 Å². The van der Waals surface area contributed by atoms with Gasteiger partial charge in [-0.25, -0.2) is 4.98 Å². The van der Waals surface area contributed by atoms with E-state index >= 15 is 0 Å². The smallest absolute Gasteiger partial charge is 0.255 e. The molecule has 0 saturated carbocycles. The number of aromatic nitrogens is 1. The van der Waals surface area contributed by atoms with Crippen molar-refractivity contribution >= 4 is 34.9 Å². The minimum atomic E-state index is -0.261. The van der Waals surface area contributed by atoms with Crippen molar-refractivity contribution in [3.63, 3.8) is 0 Å². The number of benzene rings is 1. The number of pyridine rings is 1. The van der Waals surface area contributed by atoms with Crippen molar-refractivity contribution in [1.82, 2.24) is 10.3 Å². The Morgan fingerprint density at radius 2 is 1.96 bits per heavy atom. The van der Waals surface area contributed by atoms with E-state index in [4.69, 9.17) is 32.7 Å². The molecular weight excluding hydrogens is 353 g/mol. The number of hydrogen-bond donors (Lipinski definition) is 2. The van der Waals surface area contributed by atoms with E-state index in [-0.39, 0.29) is 5.91 Å². The summed E-state index contributed by atoms with van der Waals surface area (Å²) in [5.41, 5.74) is 0.402. The number of methoxy groups -OCH3 is 2. The first-order valence-electron chi connectivity index (χ1n) is 7.10. The number of ether oxygens (including phenoxy) is 2. The molecule has 128 valence electrons. The fourth-order valence-electron chi connectivity index (χ4n) is 1.99. The van der Waals surface area contributed by atoms with E-state index in [1.165, 1.54) is 20.4 Å². The van der Waals surface area contributed by atoms with E-state index in [0.29, 0.717) is 46.0 Å². The van der Waals surface area contributed by atoms with Crippen LogP contribution in [0.2, 0.25) is 10.0 Å². The molecule has 6 nitrogen and oxygen atoms in total. The zero-order valence-corrected chi connectivity index (χ0v) is 14.7. The average molecular weight is 370 g/mol. The summed E-state index contributed by atoms with van der Waals surface area (Å²) >= 11 is 11.8. The van der Waals surface area contributed by atoms with Gasteiger partial charge < -0.3 is 20.1 Å². The molecule has 1 aromatic heterocycles. The van der Waals surface area contributed by atoms with Crippen molar-refractivity contribution < 1.29 is 14.3 Å². The third kappa shape index (κ3) is 4.66. The lowest BCUT2D eigenvalue weighted by atomic mass is 10.1. The standard InChI is InChI=1S/C16H17Cl2N3O3/c1-23-11-3-4-14(24-2)12(8-11)16(22)20-6-5-19-15-13(18)7-10(17)9-21-15/h3-4,7-9H,5-6H2,1-2H3,(H,19,21)(H,20,22). The molecule has 2 rings (SSSR count). The Bertz CT molecular complexity index is 726. The number of carbonyl (C=O) groups is 1. The monoisotopic (exact) mass is 369 g/mol. The molecule has 0 saturated heterocycles. The second-order valence-corrected chi connectivity index (χ2v) is 5.58. The number of amides is 1. The molecule has 0 atom stereocenters. The minimum Gasteiger partial charge on any atom is -0.497 e. The number of anilines is 1. The highest BCUT2D eigenvalue weighted by molar-refractivity contribution is 6.35. The quantitative estimate of drug-likeness (QED) is 0.732. The molecule has 1 aromatic carbocycles. The van der Waals surface area contributed by atoms with Gasteiger partial charge in [-0.1, -0.05) is 23.2 Å². The number of hydrogen-bond acceptors (Lipinski definition) is 5. The molecule has 0 unspecified atom stereocenters. The maximum atomic E-state index is 12.3. The number of nitrogens with zero attached hydrogens (tertiary/aromatic N) is 1. The largest absolute Gasteiger partial charge is 0.497 e. The number of halogens is 2. The predicted molar refractivity (Wildman–Crippen MR) is 94.6 cm³/mol. The van der Waals surface area contributed by atoms with Gasteiger partial charge in [0, 0.05) is 19.3 Å². The van der Waals surface area contributed by atoms with E-state index in [0.717, 1.165) is 0 Å². The van der Waals surface area contributed by atoms with Crippen LogP contribution in [0.4, 0.5) is 5.82 Å². The lowest BCUT2D eigenvalue weighted by Crippen LogP contribution is -2.29. The van der Waals surface area contributed by atoms with Crippen LogP contribution < -0.4 is 20.1 Å². The van der Waals surface area contributed by atoms with Gasteiger partial charge in [0.05, 0.1) is 29.8 Å². The Hall–Kier alpha value is -2.18. The van der Waals surface area contributed by atoms with Gasteiger partial charge in [0.2, 0.25) is 0 Å². The summed E-state index contributed by atoms with van der Waals surface area (Å²) in [7, 11) is 3.05. The van der Waals surface area contributed by atoms with Crippen LogP contribution in [0.1, 0.15) is 10.4 Å². The Morgan fingerprint density at radius 3 is 2.62 bits per heavy atom. The fraction of sp³-hybridized carbons (Fsp3) is 0.250. The van der Waals surface area contributed by atoms with Gasteiger partial charge in [0.15, 0.2) is 0 Å². The van der Waals surface area contributed by atoms with Crippen molar-refractivity contribution in [2.24, 2.45) is 0 Å². The third-order valence-electron chi connectivity index (χ3n) is 3.16. The van der Waals surface area contributed by atoms with E-state index in [2.05, 4.69) is 15.6 Å². The summed E-state index contributed by atoms with van der Waals surface area (Å²) < 4.78 is 10.3. The van der Waals surface area contributed by atoms with Crippen LogP contribution in [-0.4, -0.2) is 38.2 Å². The summed E-state index contributed by atoms with van der Waals surface area (Å²) in [6.45, 7) is 0.826. The molecule has 1 heterocycles. The Labute approximate surface area is 150 Å². The Morgan fingerprint density at radius 1 is 1.17 bits per heavy atom. The lowest BCUT2D eigenvalue weighted by Gasteiger charge is -2.12. The number of nitrogens with one attached hydrogen (secondary N) is 2. The summed E-state index contributed by atoms with van der Waals surface area (Å²) in [6, 6.07) is 6.63. The zero-order chi connectivity index (χ0) is 17.5. The zero-order valence-electron chi connectivity index (χ0n) is 13.2. The molecule has 1 amide bonds. The molecule has 0 bridgehead atoms. The van der Waals surface area contributed by atoms with Crippen LogP contribution in [0.25, 0.3) is 0 Å². The third-order valence-corrected chi connectivity index (χ3v) is 3.66. The number of rotatable bonds is 7. The number of carbonyl (C=O) groups excluding carboxylic acids is 1. The SMILES string of the molecule is COc1ccc(OC)c(C(=O)NCCNc2ncc(Cl)cc2Cl)c1. The fourth-order valence-corrected chi connectivity index (χ4v) is 2.44. The Balaban J connectivity index is 1.91. The highest BCUT2D eigenvalue weighted by Gasteiger charge is 2.13. The normalized spacial score (nSPS) is 10.2. The minimum absolute atomic E-state index is 0.261. The van der Waals surface area contributed by atoms with E-state index in [1.807, 2.05) is 0 Å². The van der Waals surface area contributed by atoms with Crippen LogP contribution in [0.3, 0.4) is 0 Å². The summed E-state index contributed by atoms with van der Waals surface area (Å²) in [5, 5.41) is 6.70. The van der Waals surface area contributed by atoms with Crippen molar-refractivity contribution in [3.05, 3.63) is 46.1 Å². The first-order chi connectivity index (χ1) is 11.5. The summed E-state index contributed by atoms with van der Waals surface area (Å²) in [5.74, 6) is 1.30. The molecule has 2 N–H and O–H groups in total. The van der Waals surface area contributed by atoms with E-state index in [1.54, 1.807) is 24.3 Å². The van der Waals surface area contributed by atoms with Crippen molar-refractivity contribution in [2.45, 2.75) is 0 Å².